The molecule has 138 valence electrons. The summed E-state index contributed by atoms with van der Waals surface area (Å²) in [5.41, 5.74) is 0.931. The van der Waals surface area contributed by atoms with E-state index in [9.17, 15) is 27.3 Å². The zero-order valence-electron chi connectivity index (χ0n) is 13.6. The van der Waals surface area contributed by atoms with E-state index in [1.54, 1.807) is 18.2 Å². The van der Waals surface area contributed by atoms with Crippen molar-refractivity contribution in [3.05, 3.63) is 88.5 Å². The highest BCUT2D eigenvalue weighted by Gasteiger charge is 2.20. The molecule has 0 aliphatic heterocycles. The summed E-state index contributed by atoms with van der Waals surface area (Å²) in [6.07, 6.45) is 0. The molecule has 0 bridgehead atoms. The van der Waals surface area contributed by atoms with Crippen LogP contribution in [-0.4, -0.2) is 13.3 Å². The van der Waals surface area contributed by atoms with E-state index in [4.69, 9.17) is 0 Å². The molecule has 6 nitrogen and oxygen atoms in total. The predicted molar refractivity (Wildman–Crippen MR) is 95.7 cm³/mol. The standard InChI is InChI=1S/C18H12F2N2O4S/c19-13-7-10-18(16(20)11-13)27(25,26)21-14-8-5-12(6-9-14)15-3-1-2-4-17(15)22(23)24/h1-11,21H. The van der Waals surface area contributed by atoms with Gasteiger partial charge >= 0.3 is 0 Å². The van der Waals surface area contributed by atoms with Crippen LogP contribution in [0.15, 0.2) is 71.6 Å². The Labute approximate surface area is 153 Å². The number of hydrogen-bond donors (Lipinski definition) is 1. The Hall–Kier alpha value is -3.33. The first kappa shape index (κ1) is 18.5. The predicted octanol–water partition coefficient (Wildman–Crippen LogP) is 4.34. The van der Waals surface area contributed by atoms with Gasteiger partial charge in [-0.15, -0.1) is 0 Å². The Morgan fingerprint density at radius 1 is 0.926 bits per heavy atom. The first-order valence-corrected chi connectivity index (χ1v) is 9.08. The van der Waals surface area contributed by atoms with Crippen molar-refractivity contribution in [1.82, 2.24) is 0 Å². The molecule has 27 heavy (non-hydrogen) atoms. The van der Waals surface area contributed by atoms with Crippen LogP contribution in [0.2, 0.25) is 0 Å². The Balaban J connectivity index is 1.89. The lowest BCUT2D eigenvalue weighted by atomic mass is 10.0. The van der Waals surface area contributed by atoms with Crippen molar-refractivity contribution < 1.29 is 22.1 Å². The lowest BCUT2D eigenvalue weighted by molar-refractivity contribution is -0.384. The van der Waals surface area contributed by atoms with E-state index in [2.05, 4.69) is 4.72 Å². The lowest BCUT2D eigenvalue weighted by Crippen LogP contribution is -2.14. The molecule has 0 unspecified atom stereocenters. The van der Waals surface area contributed by atoms with Gasteiger partial charge in [0, 0.05) is 17.8 Å². The highest BCUT2D eigenvalue weighted by atomic mass is 32.2. The van der Waals surface area contributed by atoms with E-state index < -0.39 is 31.5 Å². The summed E-state index contributed by atoms with van der Waals surface area (Å²) in [5.74, 6) is -2.10. The highest BCUT2D eigenvalue weighted by Crippen LogP contribution is 2.30. The van der Waals surface area contributed by atoms with E-state index in [0.717, 1.165) is 12.1 Å². The van der Waals surface area contributed by atoms with E-state index in [0.29, 0.717) is 17.2 Å². The van der Waals surface area contributed by atoms with Crippen molar-refractivity contribution in [2.75, 3.05) is 4.72 Å². The molecule has 3 rings (SSSR count). The maximum absolute atomic E-state index is 13.7. The number of sulfonamides is 1. The van der Waals surface area contributed by atoms with Gasteiger partial charge in [0.2, 0.25) is 0 Å². The maximum Gasteiger partial charge on any atom is 0.277 e. The quantitative estimate of drug-likeness (QED) is 0.518. The van der Waals surface area contributed by atoms with Gasteiger partial charge in [0.25, 0.3) is 15.7 Å². The number of nitrogens with one attached hydrogen (secondary N) is 1. The zero-order valence-corrected chi connectivity index (χ0v) is 14.4. The van der Waals surface area contributed by atoms with Crippen molar-refractivity contribution in [1.29, 1.82) is 0 Å². The number of para-hydroxylation sites is 1. The van der Waals surface area contributed by atoms with E-state index in [1.165, 1.54) is 30.3 Å². The number of benzene rings is 3. The number of nitro benzene ring substituents is 1. The summed E-state index contributed by atoms with van der Waals surface area (Å²) in [7, 11) is -4.26. The topological polar surface area (TPSA) is 89.3 Å². The molecule has 0 heterocycles. The molecule has 0 aliphatic rings. The molecular weight excluding hydrogens is 378 g/mol. The summed E-state index contributed by atoms with van der Waals surface area (Å²) < 4.78 is 53.4. The van der Waals surface area contributed by atoms with Crippen molar-refractivity contribution >= 4 is 21.4 Å². The Morgan fingerprint density at radius 2 is 1.59 bits per heavy atom. The summed E-state index contributed by atoms with van der Waals surface area (Å²) in [4.78, 5) is 9.92. The minimum Gasteiger partial charge on any atom is -0.280 e. The summed E-state index contributed by atoms with van der Waals surface area (Å²) in [6.45, 7) is 0. The second-order valence-electron chi connectivity index (χ2n) is 5.53. The van der Waals surface area contributed by atoms with Gasteiger partial charge in [-0.05, 0) is 35.9 Å². The second kappa shape index (κ2) is 7.12. The monoisotopic (exact) mass is 390 g/mol. The van der Waals surface area contributed by atoms with Crippen molar-refractivity contribution in [3.8, 4) is 11.1 Å². The van der Waals surface area contributed by atoms with Gasteiger partial charge in [0.15, 0.2) is 0 Å². The van der Waals surface area contributed by atoms with E-state index >= 15 is 0 Å². The molecule has 0 atom stereocenters. The van der Waals surface area contributed by atoms with E-state index in [1.807, 2.05) is 0 Å². The van der Waals surface area contributed by atoms with Gasteiger partial charge in [-0.25, -0.2) is 17.2 Å². The number of rotatable bonds is 5. The Bertz CT molecular complexity index is 1120. The molecule has 0 aliphatic carbocycles. The molecule has 3 aromatic rings. The van der Waals surface area contributed by atoms with Crippen molar-refractivity contribution in [2.45, 2.75) is 4.90 Å². The molecule has 0 fully saturated rings. The normalized spacial score (nSPS) is 11.2. The minimum absolute atomic E-state index is 0.0841. The molecule has 0 amide bonds. The third-order valence-corrected chi connectivity index (χ3v) is 5.15. The largest absolute Gasteiger partial charge is 0.280 e. The SMILES string of the molecule is O=[N+]([O-])c1ccccc1-c1ccc(NS(=O)(=O)c2ccc(F)cc2F)cc1. The summed E-state index contributed by atoms with van der Waals surface area (Å²) >= 11 is 0. The lowest BCUT2D eigenvalue weighted by Gasteiger charge is -2.10. The fraction of sp³-hybridized carbons (Fsp3) is 0. The zero-order chi connectivity index (χ0) is 19.6. The van der Waals surface area contributed by atoms with Gasteiger partial charge in [-0.2, -0.15) is 0 Å². The number of anilines is 1. The van der Waals surface area contributed by atoms with Crippen LogP contribution < -0.4 is 4.72 Å². The molecule has 0 saturated heterocycles. The van der Waals surface area contributed by atoms with Gasteiger partial charge in [0.05, 0.1) is 10.5 Å². The van der Waals surface area contributed by atoms with Gasteiger partial charge in [0.1, 0.15) is 16.5 Å². The van der Waals surface area contributed by atoms with Crippen molar-refractivity contribution in [3.63, 3.8) is 0 Å². The molecule has 9 heteroatoms. The number of halogens is 2. The molecule has 0 radical (unpaired) electrons. The van der Waals surface area contributed by atoms with Crippen LogP contribution in [0.4, 0.5) is 20.2 Å². The first-order chi connectivity index (χ1) is 12.8. The van der Waals surface area contributed by atoms with Crippen LogP contribution in [-0.2, 0) is 10.0 Å². The molecule has 0 aromatic heterocycles. The average Bonchev–Trinajstić information content (AvgIpc) is 2.61. The molecular formula is C18H12F2N2O4S. The summed E-state index contributed by atoms with van der Waals surface area (Å²) in [5, 5.41) is 11.1. The van der Waals surface area contributed by atoms with Gasteiger partial charge in [-0.3, -0.25) is 14.8 Å². The molecule has 0 saturated carbocycles. The minimum atomic E-state index is -4.26. The van der Waals surface area contributed by atoms with Crippen LogP contribution in [0, 0.1) is 21.7 Å². The highest BCUT2D eigenvalue weighted by molar-refractivity contribution is 7.92. The first-order valence-electron chi connectivity index (χ1n) is 7.60. The average molecular weight is 390 g/mol. The van der Waals surface area contributed by atoms with E-state index in [-0.39, 0.29) is 11.4 Å². The molecule has 1 N–H and O–H groups in total. The number of nitro groups is 1. The van der Waals surface area contributed by atoms with Gasteiger partial charge < -0.3 is 0 Å². The van der Waals surface area contributed by atoms with Crippen molar-refractivity contribution in [2.24, 2.45) is 0 Å². The third-order valence-electron chi connectivity index (χ3n) is 3.73. The smallest absolute Gasteiger partial charge is 0.277 e. The maximum atomic E-state index is 13.7. The Kier molecular flexibility index (Phi) is 4.87. The van der Waals surface area contributed by atoms with Gasteiger partial charge in [-0.1, -0.05) is 24.3 Å². The van der Waals surface area contributed by atoms with Crippen LogP contribution >= 0.6 is 0 Å². The molecule has 0 spiro atoms. The van der Waals surface area contributed by atoms with Crippen LogP contribution in [0.25, 0.3) is 11.1 Å². The number of hydrogen-bond acceptors (Lipinski definition) is 4. The van der Waals surface area contributed by atoms with Crippen LogP contribution in [0.3, 0.4) is 0 Å². The van der Waals surface area contributed by atoms with Crippen LogP contribution in [0.1, 0.15) is 0 Å². The summed E-state index contributed by atoms with van der Waals surface area (Å²) in [6, 6.07) is 14.1. The fourth-order valence-corrected chi connectivity index (χ4v) is 3.62. The fourth-order valence-electron chi connectivity index (χ4n) is 2.50. The third kappa shape index (κ3) is 3.93. The second-order valence-corrected chi connectivity index (χ2v) is 7.18. The molecule has 3 aromatic carbocycles. The number of nitrogens with zero attached hydrogens (tertiary/aromatic N) is 1. The Morgan fingerprint density at radius 3 is 2.22 bits per heavy atom. The van der Waals surface area contributed by atoms with Crippen LogP contribution in [0.5, 0.6) is 0 Å².